The van der Waals surface area contributed by atoms with Crippen molar-refractivity contribution in [3.05, 3.63) is 137 Å². The monoisotopic (exact) mass is 627 g/mol. The normalized spacial score (nSPS) is 16.5. The molecule has 4 nitrogen and oxygen atoms in total. The van der Waals surface area contributed by atoms with Crippen LogP contribution in [0.15, 0.2) is 86.2 Å². The fourth-order valence-electron chi connectivity index (χ4n) is 5.02. The van der Waals surface area contributed by atoms with Crippen molar-refractivity contribution in [2.24, 2.45) is 10.4 Å². The molecule has 0 N–H and O–H groups in total. The van der Waals surface area contributed by atoms with Crippen molar-refractivity contribution in [1.82, 2.24) is 0 Å². The predicted octanol–water partition coefficient (Wildman–Crippen LogP) is 9.93. The van der Waals surface area contributed by atoms with Crippen molar-refractivity contribution in [2.75, 3.05) is 6.61 Å². The largest absolute Gasteiger partial charge is 2.00 e. The van der Waals surface area contributed by atoms with E-state index in [0.29, 0.717) is 6.61 Å². The maximum absolute atomic E-state index is 6.48. The molecule has 216 valence electrons. The van der Waals surface area contributed by atoms with Gasteiger partial charge < -0.3 is 8.39 Å². The molecule has 0 unspecified atom stereocenters. The molecule has 1 aromatic heterocycles. The van der Waals surface area contributed by atoms with E-state index in [2.05, 4.69) is 81.4 Å². The van der Waals surface area contributed by atoms with Gasteiger partial charge in [0.2, 0.25) is 0 Å². The molecule has 43 heavy (non-hydrogen) atoms. The Bertz CT molecular complexity index is 1620. The van der Waals surface area contributed by atoms with Gasteiger partial charge in [0.15, 0.2) is 0 Å². The first-order valence-electron chi connectivity index (χ1n) is 14.2. The number of rotatable bonds is 5. The standard InChI is InChI=1S/C32H29NO3P.C5H5.Fe/c1-32(2,3)29(33-20-22-10-4-5-11-22)21-34-37-35-27-18-16-23-12-6-8-14-25(23)30(27)31-26-15-9-7-13-24(26)17-19-28(31)36-37;1-2-4-5-3-1;/h4-20,29H,21H2,1-3H3;1-5H;/q;;+2/t29-;;/m1../s1. The van der Waals surface area contributed by atoms with Crippen molar-refractivity contribution >= 4 is 57.9 Å². The molecule has 6 heteroatoms. The Kier molecular flexibility index (Phi) is 10.7. The van der Waals surface area contributed by atoms with Crippen molar-refractivity contribution in [1.29, 1.82) is 0 Å². The smallest absolute Gasteiger partial charge is 0.399 e. The molecule has 2 aliphatic rings. The summed E-state index contributed by atoms with van der Waals surface area (Å²) in [5.74, 6) is 1.09. The third-order valence-corrected chi connectivity index (χ3v) is 8.41. The molecule has 4 aromatic carbocycles. The number of aliphatic imine (C=N–C) groups is 1. The van der Waals surface area contributed by atoms with E-state index in [1.165, 1.54) is 0 Å². The zero-order valence-corrected chi connectivity index (χ0v) is 26.5. The first-order valence-corrected chi connectivity index (χ1v) is 15.3. The third kappa shape index (κ3) is 7.58. The Morgan fingerprint density at radius 3 is 1.67 bits per heavy atom. The van der Waals surface area contributed by atoms with Crippen molar-refractivity contribution < 1.29 is 30.0 Å². The molecular weight excluding hydrogens is 593 g/mol. The molecule has 0 bridgehead atoms. The summed E-state index contributed by atoms with van der Waals surface area (Å²) in [7, 11) is -1.69. The fraction of sp³-hybridized carbons (Fsp3) is 0.162. The van der Waals surface area contributed by atoms with Crippen LogP contribution in [0.1, 0.15) is 20.8 Å². The van der Waals surface area contributed by atoms with Gasteiger partial charge in [-0.25, -0.2) is 0 Å². The van der Waals surface area contributed by atoms with E-state index in [9.17, 15) is 0 Å². The minimum absolute atomic E-state index is 0. The Labute approximate surface area is 267 Å². The van der Waals surface area contributed by atoms with Crippen molar-refractivity contribution in [2.45, 2.75) is 26.8 Å². The van der Waals surface area contributed by atoms with Crippen molar-refractivity contribution in [3.8, 4) is 0 Å². The van der Waals surface area contributed by atoms with Crippen LogP contribution in [-0.2, 0) is 17.1 Å². The summed E-state index contributed by atoms with van der Waals surface area (Å²) in [6.07, 6.45) is 20.1. The Hall–Kier alpha value is -2.55. The number of fused-ring (bicyclic) bond motifs is 7. The molecule has 2 fully saturated rings. The Morgan fingerprint density at radius 1 is 0.698 bits per heavy atom. The summed E-state index contributed by atoms with van der Waals surface area (Å²) >= 11 is 0. The molecular formula is C37H34FeNO3P+2. The van der Waals surface area contributed by atoms with E-state index in [4.69, 9.17) is 17.9 Å². The molecule has 2 saturated carbocycles. The first-order chi connectivity index (χ1) is 20.5. The predicted molar refractivity (Wildman–Crippen MR) is 176 cm³/mol. The van der Waals surface area contributed by atoms with Crippen molar-refractivity contribution in [3.63, 3.8) is 0 Å². The van der Waals surface area contributed by atoms with Crippen LogP contribution in [-0.4, -0.2) is 18.9 Å². The summed E-state index contributed by atoms with van der Waals surface area (Å²) in [5, 5.41) is 6.66. The number of benzene rings is 4. The number of nitrogens with zero attached hydrogens (tertiary/aromatic N) is 1. The van der Waals surface area contributed by atoms with E-state index in [1.807, 2.05) is 76.1 Å². The van der Waals surface area contributed by atoms with E-state index in [-0.39, 0.29) is 28.5 Å². The van der Waals surface area contributed by atoms with Crippen LogP contribution in [0, 0.1) is 69.1 Å². The third-order valence-electron chi connectivity index (χ3n) is 7.36. The fourth-order valence-corrected chi connectivity index (χ4v) is 6.05. The van der Waals surface area contributed by atoms with Gasteiger partial charge in [0.1, 0.15) is 11.2 Å². The van der Waals surface area contributed by atoms with E-state index in [0.717, 1.165) is 49.4 Å². The molecule has 0 saturated heterocycles. The van der Waals surface area contributed by atoms with Crippen LogP contribution in [0.2, 0.25) is 0 Å². The van der Waals surface area contributed by atoms with Crippen LogP contribution in [0.4, 0.5) is 0 Å². The molecule has 1 heterocycles. The second-order valence-electron chi connectivity index (χ2n) is 11.4. The SMILES string of the molecule is CC(C)(C)[C@@H](COp1oc2ccc3ccccc3c2c2c(ccc3ccccc32)o1)N=C[C]1[CH][CH][CH][CH]1.[CH]1[CH][CH][CH][CH]1.[Fe+2]. The van der Waals surface area contributed by atoms with Gasteiger partial charge in [0.05, 0.1) is 12.6 Å². The van der Waals surface area contributed by atoms with Crippen LogP contribution in [0.3, 0.4) is 0 Å². The summed E-state index contributed by atoms with van der Waals surface area (Å²) in [4.78, 5) is 4.87. The van der Waals surface area contributed by atoms with Gasteiger partial charge in [-0.15, -0.1) is 0 Å². The van der Waals surface area contributed by atoms with E-state index < -0.39 is 8.24 Å². The summed E-state index contributed by atoms with van der Waals surface area (Å²) in [5.41, 5.74) is 1.45. The van der Waals surface area contributed by atoms with Gasteiger partial charge in [-0.1, -0.05) is 81.4 Å². The van der Waals surface area contributed by atoms with Gasteiger partial charge in [-0.3, -0.25) is 9.52 Å². The van der Waals surface area contributed by atoms with Gasteiger partial charge in [0, 0.05) is 22.9 Å². The minimum atomic E-state index is -1.69. The molecule has 2 aliphatic carbocycles. The van der Waals surface area contributed by atoms with Crippen LogP contribution in [0.25, 0.3) is 43.5 Å². The van der Waals surface area contributed by atoms with Gasteiger partial charge in [-0.2, -0.15) is 0 Å². The summed E-state index contributed by atoms with van der Waals surface area (Å²) in [6.45, 7) is 6.91. The Morgan fingerprint density at radius 2 is 1.19 bits per heavy atom. The molecule has 0 aliphatic heterocycles. The molecule has 0 amide bonds. The molecule has 10 radical (unpaired) electrons. The second kappa shape index (κ2) is 14.5. The summed E-state index contributed by atoms with van der Waals surface area (Å²) < 4.78 is 19.3. The molecule has 5 aromatic rings. The average Bonchev–Trinajstić information content (AvgIpc) is 3.72. The molecule has 7 rings (SSSR count). The minimum Gasteiger partial charge on any atom is -0.399 e. The van der Waals surface area contributed by atoms with Crippen LogP contribution in [0.5, 0.6) is 0 Å². The molecule has 0 spiro atoms. The Balaban J connectivity index is 0.000000559. The van der Waals surface area contributed by atoms with E-state index in [1.54, 1.807) is 0 Å². The maximum atomic E-state index is 6.48. The topological polar surface area (TPSA) is 47.9 Å². The van der Waals surface area contributed by atoms with Gasteiger partial charge >= 0.3 is 25.3 Å². The zero-order valence-electron chi connectivity index (χ0n) is 24.5. The zero-order chi connectivity index (χ0) is 28.9. The summed E-state index contributed by atoms with van der Waals surface area (Å²) in [6, 6.07) is 25.0. The maximum Gasteiger partial charge on any atom is 2.00 e. The van der Waals surface area contributed by atoms with Gasteiger partial charge in [0.25, 0.3) is 0 Å². The van der Waals surface area contributed by atoms with Crippen LogP contribution >= 0.6 is 8.24 Å². The first kappa shape index (κ1) is 31.9. The van der Waals surface area contributed by atoms with Gasteiger partial charge in [-0.05, 0) is 96.9 Å². The second-order valence-corrected chi connectivity index (χ2v) is 12.4. The average molecular weight is 628 g/mol. The number of hydrogen-bond acceptors (Lipinski definition) is 4. The number of hydrogen-bond donors (Lipinski definition) is 0. The molecule has 1 atom stereocenters. The van der Waals surface area contributed by atoms with Crippen LogP contribution < -0.4 is 4.52 Å². The quantitative estimate of drug-likeness (QED) is 0.144. The van der Waals surface area contributed by atoms with E-state index >= 15 is 0 Å².